The summed E-state index contributed by atoms with van der Waals surface area (Å²) in [6.07, 6.45) is 5.84. The van der Waals surface area contributed by atoms with E-state index in [2.05, 4.69) is 19.9 Å². The van der Waals surface area contributed by atoms with Crippen LogP contribution in [0, 0.1) is 22.2 Å². The number of ether oxygens (including phenoxy) is 1. The molecule has 0 heterocycles. The second-order valence-electron chi connectivity index (χ2n) is 5.27. The van der Waals surface area contributed by atoms with Gasteiger partial charge in [-0.1, -0.05) is 26.7 Å². The molecule has 0 aliphatic heterocycles. The number of carbonyl (C=O) groups excluding carboxylic acids is 1. The fourth-order valence-electron chi connectivity index (χ4n) is 3.31. The van der Waals surface area contributed by atoms with Crippen molar-refractivity contribution in [2.24, 2.45) is 10.8 Å². The third kappa shape index (κ3) is 2.62. The molecular formula is C14H23NO2. The van der Waals surface area contributed by atoms with Crippen LogP contribution in [0.2, 0.25) is 0 Å². The van der Waals surface area contributed by atoms with Gasteiger partial charge in [-0.3, -0.25) is 4.79 Å². The van der Waals surface area contributed by atoms with Gasteiger partial charge in [-0.05, 0) is 38.0 Å². The second kappa shape index (κ2) is 5.53. The lowest BCUT2D eigenvalue weighted by atomic mass is 9.50. The number of nitriles is 1. The number of hydrogen-bond donors (Lipinski definition) is 0. The average molecular weight is 237 g/mol. The monoisotopic (exact) mass is 237 g/mol. The Bertz CT molecular complexity index is 303. The summed E-state index contributed by atoms with van der Waals surface area (Å²) < 4.78 is 5.03. The number of esters is 1. The molecule has 3 heteroatoms. The topological polar surface area (TPSA) is 50.1 Å². The van der Waals surface area contributed by atoms with Crippen LogP contribution < -0.4 is 0 Å². The van der Waals surface area contributed by atoms with Crippen LogP contribution in [-0.4, -0.2) is 12.6 Å². The minimum atomic E-state index is -0.847. The Morgan fingerprint density at radius 1 is 1.24 bits per heavy atom. The highest BCUT2D eigenvalue weighted by molar-refractivity contribution is 5.81. The molecule has 0 aromatic rings. The lowest BCUT2D eigenvalue weighted by Gasteiger charge is -2.51. The van der Waals surface area contributed by atoms with Gasteiger partial charge in [0, 0.05) is 0 Å². The molecule has 17 heavy (non-hydrogen) atoms. The van der Waals surface area contributed by atoms with Gasteiger partial charge in [0.2, 0.25) is 0 Å². The van der Waals surface area contributed by atoms with Crippen LogP contribution in [0.5, 0.6) is 0 Å². The molecule has 0 bridgehead atoms. The summed E-state index contributed by atoms with van der Waals surface area (Å²) in [7, 11) is 0. The summed E-state index contributed by atoms with van der Waals surface area (Å²) in [4.78, 5) is 11.8. The number of hydrogen-bond acceptors (Lipinski definition) is 3. The summed E-state index contributed by atoms with van der Waals surface area (Å²) in [5.74, 6) is -0.315. The van der Waals surface area contributed by atoms with E-state index in [1.54, 1.807) is 6.92 Å². The van der Waals surface area contributed by atoms with Gasteiger partial charge in [-0.2, -0.15) is 5.26 Å². The Labute approximate surface area is 104 Å². The summed E-state index contributed by atoms with van der Waals surface area (Å²) in [5.41, 5.74) is -0.633. The van der Waals surface area contributed by atoms with E-state index < -0.39 is 5.41 Å². The zero-order valence-electron chi connectivity index (χ0n) is 11.2. The molecule has 0 unspecified atom stereocenters. The molecule has 1 aliphatic rings. The molecule has 0 radical (unpaired) electrons. The predicted octanol–water partition coefficient (Wildman–Crippen LogP) is 3.44. The maximum Gasteiger partial charge on any atom is 0.326 e. The Morgan fingerprint density at radius 3 is 2.12 bits per heavy atom. The van der Waals surface area contributed by atoms with E-state index in [1.807, 2.05) is 0 Å². The van der Waals surface area contributed by atoms with E-state index in [9.17, 15) is 10.1 Å². The lowest BCUT2D eigenvalue weighted by Crippen LogP contribution is -2.51. The van der Waals surface area contributed by atoms with E-state index in [0.717, 1.165) is 25.7 Å². The van der Waals surface area contributed by atoms with Crippen molar-refractivity contribution >= 4 is 5.97 Å². The average Bonchev–Trinajstić information content (AvgIpc) is 2.25. The van der Waals surface area contributed by atoms with Gasteiger partial charge in [-0.15, -0.1) is 0 Å². The highest BCUT2D eigenvalue weighted by atomic mass is 16.5. The Morgan fingerprint density at radius 2 is 1.76 bits per heavy atom. The summed E-state index contributed by atoms with van der Waals surface area (Å²) >= 11 is 0. The zero-order chi connectivity index (χ0) is 12.9. The first-order valence-electron chi connectivity index (χ1n) is 6.66. The van der Waals surface area contributed by atoms with Gasteiger partial charge in [-0.25, -0.2) is 0 Å². The minimum absolute atomic E-state index is 0.214. The van der Waals surface area contributed by atoms with Crippen LogP contribution in [0.15, 0.2) is 0 Å². The van der Waals surface area contributed by atoms with Gasteiger partial charge in [0.25, 0.3) is 0 Å². The van der Waals surface area contributed by atoms with Crippen molar-refractivity contribution in [1.29, 1.82) is 5.26 Å². The molecule has 0 atom stereocenters. The lowest BCUT2D eigenvalue weighted by molar-refractivity contribution is -0.166. The van der Waals surface area contributed by atoms with Crippen molar-refractivity contribution in [3.05, 3.63) is 0 Å². The van der Waals surface area contributed by atoms with Gasteiger partial charge in [0.1, 0.15) is 0 Å². The third-order valence-corrected chi connectivity index (χ3v) is 3.79. The second-order valence-corrected chi connectivity index (χ2v) is 5.27. The first-order chi connectivity index (χ1) is 8.08. The molecule has 1 aliphatic carbocycles. The fraction of sp³-hybridized carbons (Fsp3) is 0.857. The van der Waals surface area contributed by atoms with Crippen molar-refractivity contribution in [2.75, 3.05) is 6.61 Å². The molecule has 0 saturated heterocycles. The first kappa shape index (κ1) is 14.0. The normalized spacial score (nSPS) is 20.1. The van der Waals surface area contributed by atoms with Crippen molar-refractivity contribution < 1.29 is 9.53 Å². The maximum atomic E-state index is 11.8. The summed E-state index contributed by atoms with van der Waals surface area (Å²) in [6.45, 7) is 6.46. The van der Waals surface area contributed by atoms with E-state index >= 15 is 0 Å². The van der Waals surface area contributed by atoms with Crippen molar-refractivity contribution in [1.82, 2.24) is 0 Å². The third-order valence-electron chi connectivity index (χ3n) is 3.79. The van der Waals surface area contributed by atoms with E-state index in [1.165, 1.54) is 0 Å². The number of rotatable bonds is 6. The van der Waals surface area contributed by atoms with Crippen LogP contribution in [-0.2, 0) is 9.53 Å². The molecule has 96 valence electrons. The number of nitrogens with zero attached hydrogens (tertiary/aromatic N) is 1. The van der Waals surface area contributed by atoms with Crippen LogP contribution in [0.3, 0.4) is 0 Å². The summed E-state index contributed by atoms with van der Waals surface area (Å²) in [5, 5.41) is 9.25. The van der Waals surface area contributed by atoms with Crippen LogP contribution in [0.4, 0.5) is 0 Å². The van der Waals surface area contributed by atoms with Gasteiger partial charge < -0.3 is 4.74 Å². The minimum Gasteiger partial charge on any atom is -0.465 e. The molecule has 1 saturated carbocycles. The van der Waals surface area contributed by atoms with Crippen LogP contribution in [0.1, 0.15) is 59.3 Å². The van der Waals surface area contributed by atoms with Crippen molar-refractivity contribution in [3.63, 3.8) is 0 Å². The van der Waals surface area contributed by atoms with Gasteiger partial charge in [0.15, 0.2) is 5.41 Å². The van der Waals surface area contributed by atoms with Gasteiger partial charge in [0.05, 0.1) is 12.7 Å². The smallest absolute Gasteiger partial charge is 0.326 e. The van der Waals surface area contributed by atoms with Crippen molar-refractivity contribution in [2.45, 2.75) is 59.3 Å². The molecule has 0 spiro atoms. The Hall–Kier alpha value is -1.04. The zero-order valence-corrected chi connectivity index (χ0v) is 11.2. The standard InChI is InChI=1S/C14H23NO2/c1-4-7-13(8-5-2)9-14(10-13,11-15)12(16)17-6-3/h4-10H2,1-3H3. The highest BCUT2D eigenvalue weighted by Gasteiger charge is 2.59. The van der Waals surface area contributed by atoms with E-state index in [4.69, 9.17) is 4.74 Å². The fourth-order valence-corrected chi connectivity index (χ4v) is 3.31. The molecule has 0 aromatic carbocycles. The predicted molar refractivity (Wildman–Crippen MR) is 66.2 cm³/mol. The molecular weight excluding hydrogens is 214 g/mol. The molecule has 1 fully saturated rings. The molecule has 0 amide bonds. The molecule has 3 nitrogen and oxygen atoms in total. The molecule has 0 N–H and O–H groups in total. The molecule has 0 aromatic heterocycles. The Balaban J connectivity index is 2.71. The SMILES string of the molecule is CCCC1(CCC)CC(C#N)(C(=O)OCC)C1. The Kier molecular flexibility index (Phi) is 4.56. The van der Waals surface area contributed by atoms with Gasteiger partial charge >= 0.3 is 5.97 Å². The largest absolute Gasteiger partial charge is 0.465 e. The van der Waals surface area contributed by atoms with Crippen LogP contribution in [0.25, 0.3) is 0 Å². The van der Waals surface area contributed by atoms with E-state index in [-0.39, 0.29) is 11.4 Å². The maximum absolute atomic E-state index is 11.8. The summed E-state index contributed by atoms with van der Waals surface area (Å²) in [6, 6.07) is 2.20. The first-order valence-corrected chi connectivity index (χ1v) is 6.66. The van der Waals surface area contributed by atoms with Crippen molar-refractivity contribution in [3.8, 4) is 6.07 Å². The van der Waals surface area contributed by atoms with Crippen LogP contribution >= 0.6 is 0 Å². The number of carbonyl (C=O) groups is 1. The quantitative estimate of drug-likeness (QED) is 0.665. The molecule has 1 rings (SSSR count). The highest BCUT2D eigenvalue weighted by Crippen LogP contribution is 2.59. The van der Waals surface area contributed by atoms with E-state index in [0.29, 0.717) is 19.4 Å².